The zero-order valence-electron chi connectivity index (χ0n) is 12.2. The number of rotatable bonds is 3. The molecular formula is C15H20N2O2S2. The zero-order chi connectivity index (χ0) is 15.2. The van der Waals surface area contributed by atoms with Crippen LogP contribution < -0.4 is 5.73 Å². The maximum atomic E-state index is 13.1. The smallest absolute Gasteiger partial charge is 0.244 e. The first-order valence-electron chi connectivity index (χ1n) is 7.15. The highest BCUT2D eigenvalue weighted by Crippen LogP contribution is 2.38. The van der Waals surface area contributed by atoms with Crippen molar-refractivity contribution in [3.05, 3.63) is 29.1 Å². The minimum atomic E-state index is -3.47. The molecule has 4 nitrogen and oxygen atoms in total. The van der Waals surface area contributed by atoms with Gasteiger partial charge in [0.2, 0.25) is 10.0 Å². The molecule has 2 atom stereocenters. The molecule has 2 aromatic rings. The number of sulfonamides is 1. The van der Waals surface area contributed by atoms with Gasteiger partial charge < -0.3 is 5.73 Å². The fourth-order valence-corrected chi connectivity index (χ4v) is 6.32. The minimum Gasteiger partial charge on any atom is -0.326 e. The highest BCUT2D eigenvalue weighted by molar-refractivity contribution is 7.89. The number of nitrogens with zero attached hydrogens (tertiary/aromatic N) is 1. The van der Waals surface area contributed by atoms with Gasteiger partial charge in [-0.3, -0.25) is 0 Å². The standard InChI is InChI=1S/C15H20N2O2S2/c1-10-8-17(9-11(10)2)21(18,19)15-12-5-3-4-6-13(12)20-14(15)7-16/h3-6,10-11H,7-9,16H2,1-2H3. The second kappa shape index (κ2) is 5.35. The van der Waals surface area contributed by atoms with Gasteiger partial charge in [-0.25, -0.2) is 8.42 Å². The molecule has 2 N–H and O–H groups in total. The second-order valence-corrected chi connectivity index (χ2v) is 8.84. The van der Waals surface area contributed by atoms with Crippen LogP contribution in [0.4, 0.5) is 0 Å². The van der Waals surface area contributed by atoms with Gasteiger partial charge in [0.05, 0.1) is 0 Å². The number of thiophene rings is 1. The molecule has 0 spiro atoms. The van der Waals surface area contributed by atoms with Crippen molar-refractivity contribution in [1.29, 1.82) is 0 Å². The summed E-state index contributed by atoms with van der Waals surface area (Å²) in [5.41, 5.74) is 5.79. The molecule has 1 aromatic heterocycles. The topological polar surface area (TPSA) is 63.4 Å². The first-order valence-corrected chi connectivity index (χ1v) is 9.41. The van der Waals surface area contributed by atoms with Gasteiger partial charge in [0.1, 0.15) is 4.90 Å². The molecule has 21 heavy (non-hydrogen) atoms. The Hall–Kier alpha value is -0.950. The zero-order valence-corrected chi connectivity index (χ0v) is 13.9. The molecule has 6 heteroatoms. The van der Waals surface area contributed by atoms with Gasteiger partial charge in [0, 0.05) is 34.6 Å². The van der Waals surface area contributed by atoms with Gasteiger partial charge in [-0.1, -0.05) is 32.0 Å². The second-order valence-electron chi connectivity index (χ2n) is 5.83. The first kappa shape index (κ1) is 15.0. The molecular weight excluding hydrogens is 304 g/mol. The van der Waals surface area contributed by atoms with Crippen LogP contribution in [-0.2, 0) is 16.6 Å². The lowest BCUT2D eigenvalue weighted by Gasteiger charge is -2.17. The normalized spacial score (nSPS) is 24.0. The van der Waals surface area contributed by atoms with Gasteiger partial charge in [-0.2, -0.15) is 4.31 Å². The molecule has 0 aliphatic carbocycles. The molecule has 2 unspecified atom stereocenters. The molecule has 2 heterocycles. The van der Waals surface area contributed by atoms with Gasteiger partial charge in [0.25, 0.3) is 0 Å². The summed E-state index contributed by atoms with van der Waals surface area (Å²) < 4.78 is 28.7. The minimum absolute atomic E-state index is 0.257. The number of benzene rings is 1. The molecule has 0 saturated carbocycles. The van der Waals surface area contributed by atoms with Crippen LogP contribution in [0.1, 0.15) is 18.7 Å². The third kappa shape index (κ3) is 2.40. The molecule has 0 amide bonds. The number of fused-ring (bicyclic) bond motifs is 1. The van der Waals surface area contributed by atoms with E-state index in [9.17, 15) is 8.42 Å². The van der Waals surface area contributed by atoms with E-state index in [1.165, 1.54) is 11.3 Å². The number of hydrogen-bond donors (Lipinski definition) is 1. The third-order valence-electron chi connectivity index (χ3n) is 4.36. The molecule has 0 radical (unpaired) electrons. The highest BCUT2D eigenvalue weighted by atomic mass is 32.2. The van der Waals surface area contributed by atoms with Crippen molar-refractivity contribution >= 4 is 31.4 Å². The Kier molecular flexibility index (Phi) is 3.81. The van der Waals surface area contributed by atoms with Crippen molar-refractivity contribution in [2.45, 2.75) is 25.3 Å². The molecule has 0 bridgehead atoms. The van der Waals surface area contributed by atoms with E-state index in [0.29, 0.717) is 29.8 Å². The van der Waals surface area contributed by atoms with Crippen LogP contribution in [0.5, 0.6) is 0 Å². The van der Waals surface area contributed by atoms with Gasteiger partial charge in [-0.05, 0) is 17.9 Å². The third-order valence-corrected chi connectivity index (χ3v) is 7.64. The molecule has 3 rings (SSSR count). The average Bonchev–Trinajstić information content (AvgIpc) is 3.00. The summed E-state index contributed by atoms with van der Waals surface area (Å²) in [7, 11) is -3.47. The van der Waals surface area contributed by atoms with Crippen molar-refractivity contribution in [3.63, 3.8) is 0 Å². The quantitative estimate of drug-likeness (QED) is 0.944. The summed E-state index contributed by atoms with van der Waals surface area (Å²) in [6.45, 7) is 5.66. The largest absolute Gasteiger partial charge is 0.326 e. The number of hydrogen-bond acceptors (Lipinski definition) is 4. The predicted octanol–water partition coefficient (Wildman–Crippen LogP) is 2.64. The van der Waals surface area contributed by atoms with E-state index in [2.05, 4.69) is 13.8 Å². The van der Waals surface area contributed by atoms with E-state index in [0.717, 1.165) is 15.0 Å². The predicted molar refractivity (Wildman–Crippen MR) is 86.8 cm³/mol. The highest BCUT2D eigenvalue weighted by Gasteiger charge is 2.37. The fraction of sp³-hybridized carbons (Fsp3) is 0.467. The van der Waals surface area contributed by atoms with E-state index in [4.69, 9.17) is 5.73 Å². The van der Waals surface area contributed by atoms with Crippen LogP contribution in [0.3, 0.4) is 0 Å². The van der Waals surface area contributed by atoms with Crippen LogP contribution in [0.25, 0.3) is 10.1 Å². The Balaban J connectivity index is 2.15. The maximum absolute atomic E-state index is 13.1. The van der Waals surface area contributed by atoms with Crippen LogP contribution in [0.2, 0.25) is 0 Å². The van der Waals surface area contributed by atoms with Crippen LogP contribution in [-0.4, -0.2) is 25.8 Å². The summed E-state index contributed by atoms with van der Waals surface area (Å²) in [5, 5.41) is 0.801. The van der Waals surface area contributed by atoms with E-state index >= 15 is 0 Å². The van der Waals surface area contributed by atoms with Crippen molar-refractivity contribution in [1.82, 2.24) is 4.31 Å². The molecule has 1 aliphatic rings. The Labute approximate surface area is 129 Å². The van der Waals surface area contributed by atoms with Gasteiger partial charge in [-0.15, -0.1) is 11.3 Å². The summed E-state index contributed by atoms with van der Waals surface area (Å²) >= 11 is 1.48. The lowest BCUT2D eigenvalue weighted by atomic mass is 10.0. The summed E-state index contributed by atoms with van der Waals surface area (Å²) in [6.07, 6.45) is 0. The van der Waals surface area contributed by atoms with E-state index in [1.807, 2.05) is 24.3 Å². The monoisotopic (exact) mass is 324 g/mol. The number of nitrogens with two attached hydrogens (primary N) is 1. The Morgan fingerprint density at radius 1 is 1.24 bits per heavy atom. The van der Waals surface area contributed by atoms with Crippen LogP contribution >= 0.6 is 11.3 Å². The van der Waals surface area contributed by atoms with E-state index < -0.39 is 10.0 Å². The Morgan fingerprint density at radius 3 is 2.48 bits per heavy atom. The van der Waals surface area contributed by atoms with Crippen LogP contribution in [0, 0.1) is 11.8 Å². The molecule has 114 valence electrons. The van der Waals surface area contributed by atoms with Crippen molar-refractivity contribution in [2.75, 3.05) is 13.1 Å². The summed E-state index contributed by atoms with van der Waals surface area (Å²) in [4.78, 5) is 1.18. The fourth-order valence-electron chi connectivity index (χ4n) is 2.89. The van der Waals surface area contributed by atoms with Crippen molar-refractivity contribution < 1.29 is 8.42 Å². The maximum Gasteiger partial charge on any atom is 0.244 e. The van der Waals surface area contributed by atoms with E-state index in [-0.39, 0.29) is 6.54 Å². The molecule has 1 saturated heterocycles. The lowest BCUT2D eigenvalue weighted by Crippen LogP contribution is -2.29. The Morgan fingerprint density at radius 2 is 1.86 bits per heavy atom. The molecule has 1 aromatic carbocycles. The SMILES string of the molecule is CC1CN(S(=O)(=O)c2c(CN)sc3ccccc23)CC1C. The van der Waals surface area contributed by atoms with Crippen LogP contribution in [0.15, 0.2) is 29.2 Å². The lowest BCUT2D eigenvalue weighted by molar-refractivity contribution is 0.463. The molecule has 1 fully saturated rings. The molecule has 1 aliphatic heterocycles. The summed E-state index contributed by atoms with van der Waals surface area (Å²) in [5.74, 6) is 0.789. The van der Waals surface area contributed by atoms with Gasteiger partial charge >= 0.3 is 0 Å². The summed E-state index contributed by atoms with van der Waals surface area (Å²) in [6, 6.07) is 7.63. The van der Waals surface area contributed by atoms with E-state index in [1.54, 1.807) is 4.31 Å². The average molecular weight is 324 g/mol. The Bertz CT molecular complexity index is 757. The van der Waals surface area contributed by atoms with Crippen molar-refractivity contribution in [2.24, 2.45) is 17.6 Å². The first-order chi connectivity index (χ1) is 9.95. The van der Waals surface area contributed by atoms with Crippen molar-refractivity contribution in [3.8, 4) is 0 Å². The van der Waals surface area contributed by atoms with Gasteiger partial charge in [0.15, 0.2) is 0 Å².